The average molecular weight is 267 g/mol. The van der Waals surface area contributed by atoms with Crippen LogP contribution < -0.4 is 0 Å². The highest BCUT2D eigenvalue weighted by atomic mass is 79.9. The molecule has 0 saturated heterocycles. The molecule has 0 bridgehead atoms. The van der Waals surface area contributed by atoms with Gasteiger partial charge < -0.3 is 5.11 Å². The molecule has 0 aliphatic carbocycles. The van der Waals surface area contributed by atoms with Gasteiger partial charge in [0.05, 0.1) is 11.3 Å². The van der Waals surface area contributed by atoms with Gasteiger partial charge in [-0.05, 0) is 24.3 Å². The van der Waals surface area contributed by atoms with Gasteiger partial charge in [-0.3, -0.25) is 0 Å². The topological polar surface area (TPSA) is 55.1 Å². The van der Waals surface area contributed by atoms with E-state index in [9.17, 15) is 4.79 Å². The molecule has 2 rings (SSSR count). The molecule has 0 saturated carbocycles. The van der Waals surface area contributed by atoms with E-state index in [0.717, 1.165) is 4.47 Å². The summed E-state index contributed by atoms with van der Waals surface area (Å²) in [7, 11) is 0. The number of hydrogen-bond donors (Lipinski definition) is 1. The van der Waals surface area contributed by atoms with E-state index in [1.807, 2.05) is 0 Å². The van der Waals surface area contributed by atoms with Gasteiger partial charge in [-0.2, -0.15) is 5.10 Å². The van der Waals surface area contributed by atoms with Crippen molar-refractivity contribution in [3.8, 4) is 5.69 Å². The predicted molar refractivity (Wildman–Crippen MR) is 58.2 cm³/mol. The van der Waals surface area contributed by atoms with E-state index < -0.39 is 5.97 Å². The van der Waals surface area contributed by atoms with Crippen LogP contribution in [-0.2, 0) is 0 Å². The highest BCUT2D eigenvalue weighted by Crippen LogP contribution is 2.19. The van der Waals surface area contributed by atoms with Crippen LogP contribution in [0.4, 0.5) is 0 Å². The van der Waals surface area contributed by atoms with Crippen molar-refractivity contribution in [3.05, 3.63) is 46.7 Å². The summed E-state index contributed by atoms with van der Waals surface area (Å²) < 4.78 is 2.34. The lowest BCUT2D eigenvalue weighted by Gasteiger charge is -2.06. The van der Waals surface area contributed by atoms with Gasteiger partial charge >= 0.3 is 5.97 Å². The minimum absolute atomic E-state index is 0.224. The largest absolute Gasteiger partial charge is 0.478 e. The number of aromatic carboxylic acids is 1. The Hall–Kier alpha value is -1.62. The summed E-state index contributed by atoms with van der Waals surface area (Å²) in [5.41, 5.74) is 0.767. The van der Waals surface area contributed by atoms with Crippen molar-refractivity contribution in [2.24, 2.45) is 0 Å². The lowest BCUT2D eigenvalue weighted by molar-refractivity contribution is 0.0696. The molecule has 0 amide bonds. The SMILES string of the molecule is O=C(O)c1ccc(Br)cc1-n1cccn1. The number of nitrogens with zero attached hydrogens (tertiary/aromatic N) is 2. The number of carbonyl (C=O) groups is 1. The molecule has 4 nitrogen and oxygen atoms in total. The highest BCUT2D eigenvalue weighted by molar-refractivity contribution is 9.10. The van der Waals surface area contributed by atoms with Crippen LogP contribution in [-0.4, -0.2) is 20.9 Å². The summed E-state index contributed by atoms with van der Waals surface area (Å²) in [6.07, 6.45) is 3.31. The molecule has 76 valence electrons. The second-order valence-electron chi connectivity index (χ2n) is 2.92. The molecule has 1 N–H and O–H groups in total. The number of carboxylic acid groups (broad SMARTS) is 1. The zero-order valence-electron chi connectivity index (χ0n) is 7.59. The maximum absolute atomic E-state index is 11.0. The molecule has 2 aromatic rings. The van der Waals surface area contributed by atoms with Gasteiger partial charge in [0, 0.05) is 16.9 Å². The molecule has 1 heterocycles. The zero-order chi connectivity index (χ0) is 10.8. The number of hydrogen-bond acceptors (Lipinski definition) is 2. The molecule has 0 radical (unpaired) electrons. The minimum atomic E-state index is -0.965. The van der Waals surface area contributed by atoms with Gasteiger partial charge in [-0.1, -0.05) is 15.9 Å². The first-order valence-corrected chi connectivity index (χ1v) is 5.00. The van der Waals surface area contributed by atoms with Gasteiger partial charge in [-0.15, -0.1) is 0 Å². The number of benzene rings is 1. The van der Waals surface area contributed by atoms with Gasteiger partial charge in [0.1, 0.15) is 0 Å². The Balaban J connectivity index is 2.63. The van der Waals surface area contributed by atoms with Crippen molar-refractivity contribution in [3.63, 3.8) is 0 Å². The summed E-state index contributed by atoms with van der Waals surface area (Å²) in [4.78, 5) is 11.0. The third kappa shape index (κ3) is 1.92. The van der Waals surface area contributed by atoms with E-state index in [4.69, 9.17) is 5.11 Å². The van der Waals surface area contributed by atoms with Crippen LogP contribution in [0.3, 0.4) is 0 Å². The van der Waals surface area contributed by atoms with Crippen molar-refractivity contribution in [2.75, 3.05) is 0 Å². The molecule has 0 atom stereocenters. The highest BCUT2D eigenvalue weighted by Gasteiger charge is 2.11. The molecule has 0 aliphatic heterocycles. The summed E-state index contributed by atoms with van der Waals surface area (Å²) >= 11 is 3.30. The van der Waals surface area contributed by atoms with E-state index in [1.165, 1.54) is 4.68 Å². The lowest BCUT2D eigenvalue weighted by Crippen LogP contribution is -2.05. The third-order valence-corrected chi connectivity index (χ3v) is 2.43. The Bertz CT molecular complexity index is 494. The van der Waals surface area contributed by atoms with Gasteiger partial charge in [-0.25, -0.2) is 9.48 Å². The van der Waals surface area contributed by atoms with Crippen LogP contribution in [0.1, 0.15) is 10.4 Å². The first kappa shape index (κ1) is 9.92. The quantitative estimate of drug-likeness (QED) is 0.908. The van der Waals surface area contributed by atoms with Crippen LogP contribution in [0.5, 0.6) is 0 Å². The molecule has 5 heteroatoms. The molecule has 0 spiro atoms. The Kier molecular flexibility index (Phi) is 2.55. The summed E-state index contributed by atoms with van der Waals surface area (Å²) in [6, 6.07) is 6.70. The van der Waals surface area contributed by atoms with Gasteiger partial charge in [0.25, 0.3) is 0 Å². The normalized spacial score (nSPS) is 10.2. The van der Waals surface area contributed by atoms with Gasteiger partial charge in [0.2, 0.25) is 0 Å². The van der Waals surface area contributed by atoms with E-state index in [-0.39, 0.29) is 5.56 Å². The fourth-order valence-corrected chi connectivity index (χ4v) is 1.64. The maximum Gasteiger partial charge on any atom is 0.337 e. The number of aromatic nitrogens is 2. The second kappa shape index (κ2) is 3.86. The molecule has 0 aliphatic rings. The standard InChI is InChI=1S/C10H7BrN2O2/c11-7-2-3-8(10(14)15)9(6-7)13-5-1-4-12-13/h1-6H,(H,14,15). The fourth-order valence-electron chi connectivity index (χ4n) is 1.29. The van der Waals surface area contributed by atoms with Crippen molar-refractivity contribution in [2.45, 2.75) is 0 Å². The van der Waals surface area contributed by atoms with Crippen molar-refractivity contribution in [1.29, 1.82) is 0 Å². The summed E-state index contributed by atoms with van der Waals surface area (Å²) in [5.74, 6) is -0.965. The van der Waals surface area contributed by atoms with Crippen LogP contribution in [0.2, 0.25) is 0 Å². The van der Waals surface area contributed by atoms with E-state index in [2.05, 4.69) is 21.0 Å². The van der Waals surface area contributed by atoms with E-state index in [1.54, 1.807) is 36.7 Å². The van der Waals surface area contributed by atoms with Crippen molar-refractivity contribution < 1.29 is 9.90 Å². The van der Waals surface area contributed by atoms with Crippen LogP contribution in [0, 0.1) is 0 Å². The van der Waals surface area contributed by atoms with Crippen LogP contribution >= 0.6 is 15.9 Å². The Morgan fingerprint density at radius 3 is 2.87 bits per heavy atom. The minimum Gasteiger partial charge on any atom is -0.478 e. The first-order valence-electron chi connectivity index (χ1n) is 4.21. The first-order chi connectivity index (χ1) is 7.18. The van der Waals surface area contributed by atoms with E-state index in [0.29, 0.717) is 5.69 Å². The van der Waals surface area contributed by atoms with Gasteiger partial charge in [0.15, 0.2) is 0 Å². The maximum atomic E-state index is 11.0. The zero-order valence-corrected chi connectivity index (χ0v) is 9.18. The van der Waals surface area contributed by atoms with Crippen molar-refractivity contribution in [1.82, 2.24) is 9.78 Å². The second-order valence-corrected chi connectivity index (χ2v) is 3.83. The number of rotatable bonds is 2. The van der Waals surface area contributed by atoms with Crippen LogP contribution in [0.25, 0.3) is 5.69 Å². The smallest absolute Gasteiger partial charge is 0.337 e. The predicted octanol–water partition coefficient (Wildman–Crippen LogP) is 2.33. The van der Waals surface area contributed by atoms with E-state index >= 15 is 0 Å². The van der Waals surface area contributed by atoms with Crippen molar-refractivity contribution >= 4 is 21.9 Å². The molecule has 0 unspecified atom stereocenters. The Morgan fingerprint density at radius 1 is 1.47 bits per heavy atom. The summed E-state index contributed by atoms with van der Waals surface area (Å²) in [6.45, 7) is 0. The molecular weight excluding hydrogens is 260 g/mol. The molecule has 15 heavy (non-hydrogen) atoms. The Morgan fingerprint density at radius 2 is 2.27 bits per heavy atom. The third-order valence-electron chi connectivity index (χ3n) is 1.94. The monoisotopic (exact) mass is 266 g/mol. The Labute approximate surface area is 94.3 Å². The number of carboxylic acids is 1. The number of halogens is 1. The molecule has 1 aromatic carbocycles. The lowest BCUT2D eigenvalue weighted by atomic mass is 10.2. The molecule has 1 aromatic heterocycles. The average Bonchev–Trinajstić information content (AvgIpc) is 2.69. The molecular formula is C10H7BrN2O2. The fraction of sp³-hybridized carbons (Fsp3) is 0. The molecule has 0 fully saturated rings. The van der Waals surface area contributed by atoms with Crippen LogP contribution in [0.15, 0.2) is 41.1 Å². The summed E-state index contributed by atoms with van der Waals surface area (Å²) in [5, 5.41) is 13.0.